The highest BCUT2D eigenvalue weighted by atomic mass is 79.9. The molecule has 6 nitrogen and oxygen atoms in total. The molecular formula is C17H16BrCl2N5O. The maximum Gasteiger partial charge on any atom is 0.227 e. The number of rotatable bonds is 6. The second-order valence-electron chi connectivity index (χ2n) is 5.71. The van der Waals surface area contributed by atoms with Gasteiger partial charge in [-0.15, -0.1) is 0 Å². The van der Waals surface area contributed by atoms with Crippen molar-refractivity contribution in [3.63, 3.8) is 0 Å². The zero-order valence-corrected chi connectivity index (χ0v) is 17.0. The van der Waals surface area contributed by atoms with E-state index >= 15 is 0 Å². The van der Waals surface area contributed by atoms with E-state index in [0.717, 1.165) is 15.7 Å². The fourth-order valence-corrected chi connectivity index (χ4v) is 3.10. The number of aryl methyl sites for hydroxylation is 1. The summed E-state index contributed by atoms with van der Waals surface area (Å²) < 4.78 is 4.33. The van der Waals surface area contributed by atoms with Crippen molar-refractivity contribution < 1.29 is 4.79 Å². The van der Waals surface area contributed by atoms with Crippen LogP contribution in [-0.2, 0) is 17.9 Å². The van der Waals surface area contributed by atoms with Crippen molar-refractivity contribution in [1.29, 1.82) is 0 Å². The number of carbonyl (C=O) groups excluding carboxylic acids is 1. The normalized spacial score (nSPS) is 10.9. The van der Waals surface area contributed by atoms with Gasteiger partial charge in [0.05, 0.1) is 23.8 Å². The predicted octanol–water partition coefficient (Wildman–Crippen LogP) is 4.53. The van der Waals surface area contributed by atoms with Crippen molar-refractivity contribution in [1.82, 2.24) is 19.6 Å². The van der Waals surface area contributed by atoms with Gasteiger partial charge in [-0.1, -0.05) is 41.4 Å². The first-order chi connectivity index (χ1) is 12.4. The highest BCUT2D eigenvalue weighted by Gasteiger charge is 2.13. The van der Waals surface area contributed by atoms with E-state index < -0.39 is 0 Å². The van der Waals surface area contributed by atoms with Gasteiger partial charge in [0.1, 0.15) is 5.02 Å². The second-order valence-corrected chi connectivity index (χ2v) is 7.38. The van der Waals surface area contributed by atoms with E-state index in [9.17, 15) is 4.79 Å². The molecule has 0 bridgehead atoms. The molecule has 136 valence electrons. The molecule has 1 aromatic carbocycles. The third-order valence-corrected chi connectivity index (χ3v) is 5.28. The minimum Gasteiger partial charge on any atom is -0.308 e. The first kappa shape index (κ1) is 18.9. The first-order valence-corrected chi connectivity index (χ1v) is 9.43. The molecule has 0 aliphatic rings. The highest BCUT2D eigenvalue weighted by Crippen LogP contribution is 2.22. The maximum atomic E-state index is 12.2. The van der Waals surface area contributed by atoms with Gasteiger partial charge in [0, 0.05) is 23.3 Å². The van der Waals surface area contributed by atoms with E-state index in [1.54, 1.807) is 21.8 Å². The van der Waals surface area contributed by atoms with Gasteiger partial charge in [0.25, 0.3) is 0 Å². The maximum absolute atomic E-state index is 12.2. The van der Waals surface area contributed by atoms with Crippen molar-refractivity contribution in [2.45, 2.75) is 26.4 Å². The van der Waals surface area contributed by atoms with Crippen LogP contribution in [0.5, 0.6) is 0 Å². The molecule has 9 heteroatoms. The molecule has 0 saturated heterocycles. The summed E-state index contributed by atoms with van der Waals surface area (Å²) in [5.74, 6) is 0.156. The number of aromatic nitrogens is 4. The molecule has 0 unspecified atom stereocenters. The predicted molar refractivity (Wildman–Crippen MR) is 106 cm³/mol. The first-order valence-electron chi connectivity index (χ1n) is 7.88. The monoisotopic (exact) mass is 455 g/mol. The van der Waals surface area contributed by atoms with E-state index in [2.05, 4.69) is 31.4 Å². The number of hydrogen-bond acceptors (Lipinski definition) is 3. The Morgan fingerprint density at radius 3 is 2.73 bits per heavy atom. The van der Waals surface area contributed by atoms with Crippen molar-refractivity contribution in [2.24, 2.45) is 0 Å². The zero-order chi connectivity index (χ0) is 18.7. The van der Waals surface area contributed by atoms with Gasteiger partial charge in [-0.05, 0) is 34.5 Å². The van der Waals surface area contributed by atoms with Gasteiger partial charge in [-0.3, -0.25) is 14.2 Å². The van der Waals surface area contributed by atoms with E-state index in [0.29, 0.717) is 29.0 Å². The summed E-state index contributed by atoms with van der Waals surface area (Å²) in [4.78, 5) is 12.2. The van der Waals surface area contributed by atoms with E-state index in [4.69, 9.17) is 23.2 Å². The van der Waals surface area contributed by atoms with Crippen LogP contribution < -0.4 is 5.32 Å². The number of nitrogens with zero attached hydrogens (tertiary/aromatic N) is 4. The molecule has 1 amide bonds. The van der Waals surface area contributed by atoms with Crippen LogP contribution in [0.2, 0.25) is 10.0 Å². The Bertz CT molecular complexity index is 937. The summed E-state index contributed by atoms with van der Waals surface area (Å²) in [6.07, 6.45) is 3.64. The molecular weight excluding hydrogens is 441 g/mol. The zero-order valence-electron chi connectivity index (χ0n) is 13.9. The molecule has 3 rings (SSSR count). The lowest BCUT2D eigenvalue weighted by Gasteiger charge is -2.06. The molecule has 0 aliphatic heterocycles. The Morgan fingerprint density at radius 2 is 2.04 bits per heavy atom. The minimum absolute atomic E-state index is 0.180. The van der Waals surface area contributed by atoms with Gasteiger partial charge in [0.2, 0.25) is 5.91 Å². The molecule has 26 heavy (non-hydrogen) atoms. The average Bonchev–Trinajstić information content (AvgIpc) is 3.11. The van der Waals surface area contributed by atoms with Crippen LogP contribution in [0, 0.1) is 6.92 Å². The van der Waals surface area contributed by atoms with Gasteiger partial charge < -0.3 is 5.32 Å². The molecule has 0 atom stereocenters. The van der Waals surface area contributed by atoms with Crippen LogP contribution in [0.25, 0.3) is 0 Å². The van der Waals surface area contributed by atoms with E-state index in [1.165, 1.54) is 0 Å². The molecule has 0 fully saturated rings. The standard InChI is InChI=1S/C17H16BrCl2N5O/c1-11-13(18)8-21-25(11)7-6-16(26)22-17-15(20)10-24(23-17)9-12-4-2-3-5-14(12)19/h2-5,8,10H,6-7,9H2,1H3,(H,22,23,26). The molecule has 2 heterocycles. The molecule has 1 N–H and O–H groups in total. The van der Waals surface area contributed by atoms with Crippen LogP contribution in [0.3, 0.4) is 0 Å². The number of benzene rings is 1. The lowest BCUT2D eigenvalue weighted by molar-refractivity contribution is -0.116. The minimum atomic E-state index is -0.180. The Labute approximate surface area is 169 Å². The van der Waals surface area contributed by atoms with Gasteiger partial charge in [-0.2, -0.15) is 10.2 Å². The number of carbonyl (C=O) groups is 1. The highest BCUT2D eigenvalue weighted by molar-refractivity contribution is 9.10. The summed E-state index contributed by atoms with van der Waals surface area (Å²) in [6, 6.07) is 7.51. The summed E-state index contributed by atoms with van der Waals surface area (Å²) >= 11 is 15.7. The van der Waals surface area contributed by atoms with Crippen molar-refractivity contribution in [3.05, 3.63) is 62.4 Å². The van der Waals surface area contributed by atoms with Gasteiger partial charge in [0.15, 0.2) is 5.82 Å². The molecule has 0 radical (unpaired) electrons. The Kier molecular flexibility index (Phi) is 6.01. The lowest BCUT2D eigenvalue weighted by Crippen LogP contribution is -2.16. The topological polar surface area (TPSA) is 64.7 Å². The van der Waals surface area contributed by atoms with Gasteiger partial charge >= 0.3 is 0 Å². The number of halogens is 3. The van der Waals surface area contributed by atoms with Crippen LogP contribution in [-0.4, -0.2) is 25.5 Å². The summed E-state index contributed by atoms with van der Waals surface area (Å²) in [5.41, 5.74) is 1.89. The lowest BCUT2D eigenvalue weighted by atomic mass is 10.2. The number of amides is 1. The quantitative estimate of drug-likeness (QED) is 0.592. The Balaban J connectivity index is 1.61. The molecule has 0 spiro atoms. The Morgan fingerprint density at radius 1 is 1.27 bits per heavy atom. The summed E-state index contributed by atoms with van der Waals surface area (Å²) in [6.45, 7) is 2.87. The SMILES string of the molecule is Cc1c(Br)cnn1CCC(=O)Nc1nn(Cc2ccccc2Cl)cc1Cl. The number of hydrogen-bond donors (Lipinski definition) is 1. The van der Waals surface area contributed by atoms with Crippen LogP contribution in [0.15, 0.2) is 41.1 Å². The van der Waals surface area contributed by atoms with E-state index in [-0.39, 0.29) is 12.3 Å². The van der Waals surface area contributed by atoms with Crippen molar-refractivity contribution >= 4 is 50.9 Å². The van der Waals surface area contributed by atoms with Crippen molar-refractivity contribution in [2.75, 3.05) is 5.32 Å². The summed E-state index contributed by atoms with van der Waals surface area (Å²) in [5, 5.41) is 12.3. The molecule has 0 saturated carbocycles. The van der Waals surface area contributed by atoms with Crippen LogP contribution >= 0.6 is 39.1 Å². The smallest absolute Gasteiger partial charge is 0.227 e. The summed E-state index contributed by atoms with van der Waals surface area (Å²) in [7, 11) is 0. The fraction of sp³-hybridized carbons (Fsp3) is 0.235. The van der Waals surface area contributed by atoms with Crippen molar-refractivity contribution in [3.8, 4) is 0 Å². The third kappa shape index (κ3) is 4.47. The van der Waals surface area contributed by atoms with Crippen LogP contribution in [0.4, 0.5) is 5.82 Å². The second kappa shape index (κ2) is 8.24. The number of anilines is 1. The van der Waals surface area contributed by atoms with Crippen LogP contribution in [0.1, 0.15) is 17.7 Å². The molecule has 0 aliphatic carbocycles. The molecule has 2 aromatic heterocycles. The number of nitrogens with one attached hydrogen (secondary N) is 1. The van der Waals surface area contributed by atoms with E-state index in [1.807, 2.05) is 31.2 Å². The average molecular weight is 457 g/mol. The van der Waals surface area contributed by atoms with Gasteiger partial charge in [-0.25, -0.2) is 0 Å². The largest absolute Gasteiger partial charge is 0.308 e. The molecule has 3 aromatic rings. The Hall–Kier alpha value is -1.83. The fourth-order valence-electron chi connectivity index (χ4n) is 2.42. The third-order valence-electron chi connectivity index (χ3n) is 3.86.